The Kier molecular flexibility index (Phi) is 7.24. The van der Waals surface area contributed by atoms with Crippen molar-refractivity contribution in [3.8, 4) is 0 Å². The largest absolute Gasteiger partial charge is 0.463 e. The van der Waals surface area contributed by atoms with Crippen molar-refractivity contribution >= 4 is 25.1 Å². The van der Waals surface area contributed by atoms with Gasteiger partial charge in [-0.2, -0.15) is 0 Å². The van der Waals surface area contributed by atoms with Gasteiger partial charge in [-0.1, -0.05) is 63.2 Å². The van der Waals surface area contributed by atoms with Gasteiger partial charge in [0.25, 0.3) is 0 Å². The van der Waals surface area contributed by atoms with Crippen molar-refractivity contribution in [1.82, 2.24) is 0 Å². The smallest absolute Gasteiger partial charge is 0.333 e. The maximum absolute atomic E-state index is 12.0. The van der Waals surface area contributed by atoms with Gasteiger partial charge < -0.3 is 9.16 Å². The van der Waals surface area contributed by atoms with E-state index in [4.69, 9.17) is 9.16 Å². The highest BCUT2D eigenvalue weighted by molar-refractivity contribution is 6.74. The number of hydrogen-bond acceptors (Lipinski definition) is 3. The predicted molar refractivity (Wildman–Crippen MR) is 120 cm³/mol. The molecule has 0 heterocycles. The van der Waals surface area contributed by atoms with Crippen LogP contribution in [0.2, 0.25) is 18.1 Å². The zero-order valence-corrected chi connectivity index (χ0v) is 19.3. The minimum absolute atomic E-state index is 0.0881. The predicted octanol–water partition coefficient (Wildman–Crippen LogP) is 6.80. The number of ether oxygens (including phenoxy) is 1. The second kappa shape index (κ2) is 9.06. The molecule has 0 spiro atoms. The number of benzene rings is 2. The third-order valence-corrected chi connectivity index (χ3v) is 10.1. The van der Waals surface area contributed by atoms with Crippen LogP contribution in [0.5, 0.6) is 0 Å². The third-order valence-electron chi connectivity index (χ3n) is 5.62. The van der Waals surface area contributed by atoms with E-state index in [1.165, 1.54) is 10.8 Å². The summed E-state index contributed by atoms with van der Waals surface area (Å²) >= 11 is 0. The highest BCUT2D eigenvalue weighted by atomic mass is 28.4. The Morgan fingerprint density at radius 1 is 1.11 bits per heavy atom. The van der Waals surface area contributed by atoms with Gasteiger partial charge in [0.2, 0.25) is 0 Å². The summed E-state index contributed by atoms with van der Waals surface area (Å²) in [5.41, 5.74) is 1.78. The molecule has 28 heavy (non-hydrogen) atoms. The molecule has 0 bridgehead atoms. The zero-order valence-electron chi connectivity index (χ0n) is 18.3. The van der Waals surface area contributed by atoms with Gasteiger partial charge in [0.1, 0.15) is 0 Å². The number of rotatable bonds is 7. The molecule has 1 atom stereocenters. The SMILES string of the molecule is CCOC(=O)/C(C)=C/C[C@@H](O[Si](C)(C)C(C)(C)C)c1ccc2ccccc2c1. The first-order valence-electron chi connectivity index (χ1n) is 10.1. The fourth-order valence-electron chi connectivity index (χ4n) is 2.80. The van der Waals surface area contributed by atoms with E-state index in [1.807, 2.05) is 19.9 Å². The van der Waals surface area contributed by atoms with Crippen LogP contribution >= 0.6 is 0 Å². The van der Waals surface area contributed by atoms with Crippen molar-refractivity contribution in [2.45, 2.75) is 65.3 Å². The second-order valence-corrected chi connectivity index (χ2v) is 13.6. The number of esters is 1. The Bertz CT molecular complexity index is 846. The van der Waals surface area contributed by atoms with Gasteiger partial charge in [-0.05, 0) is 60.8 Å². The molecule has 0 amide bonds. The molecule has 152 valence electrons. The Morgan fingerprint density at radius 3 is 2.36 bits per heavy atom. The Labute approximate surface area is 170 Å². The normalized spacial score (nSPS) is 14.2. The van der Waals surface area contributed by atoms with Crippen LogP contribution in [0.15, 0.2) is 54.1 Å². The van der Waals surface area contributed by atoms with E-state index >= 15 is 0 Å². The first-order valence-corrected chi connectivity index (χ1v) is 13.0. The fourth-order valence-corrected chi connectivity index (χ4v) is 4.10. The van der Waals surface area contributed by atoms with Gasteiger partial charge in [0, 0.05) is 5.57 Å². The molecule has 4 heteroatoms. The lowest BCUT2D eigenvalue weighted by molar-refractivity contribution is -0.138. The van der Waals surface area contributed by atoms with Crippen molar-refractivity contribution in [3.05, 3.63) is 59.7 Å². The minimum atomic E-state index is -1.98. The second-order valence-electron chi connectivity index (χ2n) is 8.82. The highest BCUT2D eigenvalue weighted by Crippen LogP contribution is 2.41. The summed E-state index contributed by atoms with van der Waals surface area (Å²) in [6.07, 6.45) is 2.51. The van der Waals surface area contributed by atoms with Gasteiger partial charge >= 0.3 is 5.97 Å². The summed E-state index contributed by atoms with van der Waals surface area (Å²) in [7, 11) is -1.98. The van der Waals surface area contributed by atoms with E-state index in [9.17, 15) is 4.79 Å². The van der Waals surface area contributed by atoms with Crippen molar-refractivity contribution < 1.29 is 14.0 Å². The number of carbonyl (C=O) groups excluding carboxylic acids is 1. The third kappa shape index (κ3) is 5.55. The summed E-state index contributed by atoms with van der Waals surface area (Å²) in [5, 5.41) is 2.53. The lowest BCUT2D eigenvalue weighted by atomic mass is 10.0. The fraction of sp³-hybridized carbons (Fsp3) is 0.458. The molecule has 3 nitrogen and oxygen atoms in total. The van der Waals surface area contributed by atoms with Crippen LogP contribution in [-0.4, -0.2) is 20.9 Å². The molecular formula is C24H34O3Si. The van der Waals surface area contributed by atoms with Crippen LogP contribution in [0.25, 0.3) is 10.8 Å². The molecule has 0 aliphatic rings. The Morgan fingerprint density at radius 2 is 1.75 bits per heavy atom. The summed E-state index contributed by atoms with van der Waals surface area (Å²) in [5.74, 6) is -0.257. The quantitative estimate of drug-likeness (QED) is 0.292. The van der Waals surface area contributed by atoms with E-state index in [1.54, 1.807) is 0 Å². The summed E-state index contributed by atoms with van der Waals surface area (Å²) in [6.45, 7) is 15.3. The van der Waals surface area contributed by atoms with Crippen molar-refractivity contribution in [2.75, 3.05) is 6.61 Å². The number of fused-ring (bicyclic) bond motifs is 1. The lowest BCUT2D eigenvalue weighted by Crippen LogP contribution is -2.41. The first-order chi connectivity index (χ1) is 13.0. The summed E-state index contributed by atoms with van der Waals surface area (Å²) < 4.78 is 11.9. The van der Waals surface area contributed by atoms with E-state index in [0.29, 0.717) is 18.6 Å². The standard InChI is InChI=1S/C24H34O3Si/c1-8-26-23(25)18(2)13-16-22(27-28(6,7)24(3,4)5)21-15-14-19-11-9-10-12-20(19)17-21/h9-15,17,22H,8,16H2,1-7H3/b18-13+/t22-/m1/s1. The molecule has 0 unspecified atom stereocenters. The van der Waals surface area contributed by atoms with Gasteiger partial charge in [-0.25, -0.2) is 4.79 Å². The molecular weight excluding hydrogens is 364 g/mol. The van der Waals surface area contributed by atoms with Crippen LogP contribution in [0, 0.1) is 0 Å². The van der Waals surface area contributed by atoms with E-state index in [-0.39, 0.29) is 17.1 Å². The summed E-state index contributed by atoms with van der Waals surface area (Å²) in [4.78, 5) is 12.0. The number of hydrogen-bond donors (Lipinski definition) is 0. The van der Waals surface area contributed by atoms with Crippen molar-refractivity contribution in [2.24, 2.45) is 0 Å². The molecule has 2 aromatic rings. The minimum Gasteiger partial charge on any atom is -0.463 e. The van der Waals surface area contributed by atoms with Gasteiger partial charge in [0.15, 0.2) is 8.32 Å². The molecule has 2 aromatic carbocycles. The van der Waals surface area contributed by atoms with Gasteiger partial charge in [0.05, 0.1) is 12.7 Å². The average Bonchev–Trinajstić information content (AvgIpc) is 2.63. The Balaban J connectivity index is 2.37. The molecule has 0 fully saturated rings. The van der Waals surface area contributed by atoms with Crippen LogP contribution < -0.4 is 0 Å². The molecule has 0 aliphatic carbocycles. The maximum atomic E-state index is 12.0. The van der Waals surface area contributed by atoms with Crippen molar-refractivity contribution in [1.29, 1.82) is 0 Å². The topological polar surface area (TPSA) is 35.5 Å². The van der Waals surface area contributed by atoms with E-state index in [0.717, 1.165) is 5.56 Å². The molecule has 0 aromatic heterocycles. The zero-order chi connectivity index (χ0) is 20.9. The Hall–Kier alpha value is -1.91. The highest BCUT2D eigenvalue weighted by Gasteiger charge is 2.39. The van der Waals surface area contributed by atoms with Crippen molar-refractivity contribution in [3.63, 3.8) is 0 Å². The maximum Gasteiger partial charge on any atom is 0.333 e. The summed E-state index contributed by atoms with van der Waals surface area (Å²) in [6, 6.07) is 14.9. The average molecular weight is 399 g/mol. The van der Waals surface area contributed by atoms with Crippen LogP contribution in [0.4, 0.5) is 0 Å². The molecule has 2 rings (SSSR count). The van der Waals surface area contributed by atoms with Gasteiger partial charge in [-0.15, -0.1) is 0 Å². The van der Waals surface area contributed by atoms with E-state index in [2.05, 4.69) is 76.3 Å². The molecule has 0 N–H and O–H groups in total. The monoisotopic (exact) mass is 398 g/mol. The van der Waals surface area contributed by atoms with Crippen LogP contribution in [0.3, 0.4) is 0 Å². The molecule has 0 radical (unpaired) electrons. The molecule has 0 saturated heterocycles. The molecule has 0 aliphatic heterocycles. The van der Waals surface area contributed by atoms with E-state index < -0.39 is 8.32 Å². The number of carbonyl (C=O) groups is 1. The first kappa shape index (κ1) is 22.4. The molecule has 0 saturated carbocycles. The van der Waals surface area contributed by atoms with Crippen LogP contribution in [0.1, 0.15) is 52.7 Å². The van der Waals surface area contributed by atoms with Crippen LogP contribution in [-0.2, 0) is 14.0 Å². The van der Waals surface area contributed by atoms with Gasteiger partial charge in [-0.3, -0.25) is 0 Å². The lowest BCUT2D eigenvalue weighted by Gasteiger charge is -2.39.